The molecular weight excluding hydrogens is 124 g/mol. The van der Waals surface area contributed by atoms with Crippen molar-refractivity contribution in [2.45, 2.75) is 19.8 Å². The summed E-state index contributed by atoms with van der Waals surface area (Å²) in [5, 5.41) is 2.96. The van der Waals surface area contributed by atoms with Gasteiger partial charge in [0.1, 0.15) is 0 Å². The van der Waals surface area contributed by atoms with Gasteiger partial charge in [-0.05, 0) is 6.42 Å². The lowest BCUT2D eigenvalue weighted by atomic mass is 10.3. The van der Waals surface area contributed by atoms with E-state index < -0.39 is 0 Å². The van der Waals surface area contributed by atoms with Gasteiger partial charge >= 0.3 is 0 Å². The zero-order chi connectivity index (χ0) is 7.82. The molecule has 0 radical (unpaired) electrons. The van der Waals surface area contributed by atoms with Crippen molar-refractivity contribution in [1.29, 1.82) is 0 Å². The second-order valence-electron chi connectivity index (χ2n) is 2.19. The Hall–Kier alpha value is -0.790. The Labute approximate surface area is 63.3 Å². The van der Waals surface area contributed by atoms with E-state index in [0.717, 1.165) is 6.54 Å². The van der Waals surface area contributed by atoms with Crippen molar-refractivity contribution >= 4 is 6.34 Å². The Morgan fingerprint density at radius 3 is 2.70 bits per heavy atom. The van der Waals surface area contributed by atoms with Crippen molar-refractivity contribution in [3.8, 4) is 0 Å². The van der Waals surface area contributed by atoms with Crippen LogP contribution in [0.4, 0.5) is 0 Å². The second kappa shape index (κ2) is 6.33. The van der Waals surface area contributed by atoms with Gasteiger partial charge in [0.25, 0.3) is 0 Å². The lowest BCUT2D eigenvalue weighted by Crippen LogP contribution is -2.16. The van der Waals surface area contributed by atoms with Gasteiger partial charge in [0.2, 0.25) is 6.34 Å². The molecule has 10 heavy (non-hydrogen) atoms. The number of hydrogen-bond acceptors (Lipinski definition) is 0. The molecule has 0 aromatic carbocycles. The molecule has 0 fully saturated rings. The zero-order valence-corrected chi connectivity index (χ0v) is 6.93. The van der Waals surface area contributed by atoms with Gasteiger partial charge in [-0.15, -0.1) is 0 Å². The highest BCUT2D eigenvalue weighted by Gasteiger charge is 1.90. The molecule has 58 valence electrons. The van der Waals surface area contributed by atoms with Gasteiger partial charge in [-0.1, -0.05) is 19.9 Å². The van der Waals surface area contributed by atoms with E-state index >= 15 is 0 Å². The summed E-state index contributed by atoms with van der Waals surface area (Å²) in [7, 11) is 1.89. The molecule has 1 N–H and O–H groups in total. The quantitative estimate of drug-likeness (QED) is 0.345. The number of rotatable bonds is 5. The van der Waals surface area contributed by atoms with Gasteiger partial charge in [-0.2, -0.15) is 0 Å². The third-order valence-electron chi connectivity index (χ3n) is 1.30. The lowest BCUT2D eigenvalue weighted by molar-refractivity contribution is -0.454. The van der Waals surface area contributed by atoms with Crippen molar-refractivity contribution in [3.63, 3.8) is 0 Å². The van der Waals surface area contributed by atoms with Crippen LogP contribution < -0.4 is 5.32 Å². The maximum atomic E-state index is 3.69. The van der Waals surface area contributed by atoms with E-state index in [1.165, 1.54) is 12.8 Å². The molecule has 2 heteroatoms. The molecule has 0 aliphatic heterocycles. The van der Waals surface area contributed by atoms with Crippen molar-refractivity contribution in [2.75, 3.05) is 13.6 Å². The fraction of sp³-hybridized carbons (Fsp3) is 0.625. The Kier molecular flexibility index (Phi) is 5.83. The van der Waals surface area contributed by atoms with Gasteiger partial charge in [0, 0.05) is 0 Å². The van der Waals surface area contributed by atoms with Crippen LogP contribution in [0.2, 0.25) is 0 Å². The Bertz CT molecular complexity index is 116. The fourth-order valence-corrected chi connectivity index (χ4v) is 0.715. The van der Waals surface area contributed by atoms with E-state index in [-0.39, 0.29) is 0 Å². The monoisotopic (exact) mass is 141 g/mol. The Balaban J connectivity index is 3.60. The summed E-state index contributed by atoms with van der Waals surface area (Å²) >= 11 is 0. The Morgan fingerprint density at radius 1 is 1.60 bits per heavy atom. The fourth-order valence-electron chi connectivity index (χ4n) is 0.715. The van der Waals surface area contributed by atoms with Crippen LogP contribution in [0.3, 0.4) is 0 Å². The number of nitrogens with one attached hydrogen (secondary N) is 1. The molecule has 0 saturated heterocycles. The van der Waals surface area contributed by atoms with Crippen LogP contribution in [0.1, 0.15) is 19.8 Å². The highest BCUT2D eigenvalue weighted by Crippen LogP contribution is 1.86. The van der Waals surface area contributed by atoms with E-state index in [9.17, 15) is 0 Å². The van der Waals surface area contributed by atoms with Crippen molar-refractivity contribution < 1.29 is 4.58 Å². The molecule has 0 spiro atoms. The average molecular weight is 141 g/mol. The molecule has 0 unspecified atom stereocenters. The van der Waals surface area contributed by atoms with Crippen LogP contribution in [0.25, 0.3) is 0 Å². The lowest BCUT2D eigenvalue weighted by Gasteiger charge is -1.97. The molecule has 2 nitrogen and oxygen atoms in total. The minimum absolute atomic E-state index is 1.06. The normalized spacial score (nSPS) is 11.2. The average Bonchev–Trinajstić information content (AvgIpc) is 1.98. The molecule has 0 aromatic heterocycles. The van der Waals surface area contributed by atoms with Gasteiger partial charge < -0.3 is 0 Å². The summed E-state index contributed by atoms with van der Waals surface area (Å²) < 4.78 is 2.05. The molecule has 0 aliphatic carbocycles. The number of nitrogens with zero attached hydrogens (tertiary/aromatic N) is 1. The van der Waals surface area contributed by atoms with E-state index in [1.807, 2.05) is 24.2 Å². The summed E-state index contributed by atoms with van der Waals surface area (Å²) in [5.41, 5.74) is 0. The molecule has 0 heterocycles. The van der Waals surface area contributed by atoms with E-state index in [4.69, 9.17) is 0 Å². The largest absolute Gasteiger partial charge is 0.283 e. The summed E-state index contributed by atoms with van der Waals surface area (Å²) in [4.78, 5) is 0. The molecule has 0 aromatic rings. The minimum atomic E-state index is 1.06. The van der Waals surface area contributed by atoms with Crippen LogP contribution in [0.5, 0.6) is 0 Å². The van der Waals surface area contributed by atoms with Gasteiger partial charge in [0.05, 0.1) is 19.8 Å². The van der Waals surface area contributed by atoms with Gasteiger partial charge in [-0.25, -0.2) is 4.58 Å². The first-order valence-electron chi connectivity index (χ1n) is 3.74. The van der Waals surface area contributed by atoms with Crippen molar-refractivity contribution in [3.05, 3.63) is 12.8 Å². The summed E-state index contributed by atoms with van der Waals surface area (Å²) in [6.07, 6.45) is 6.18. The summed E-state index contributed by atoms with van der Waals surface area (Å²) in [6, 6.07) is 0. The first kappa shape index (κ1) is 9.21. The van der Waals surface area contributed by atoms with Gasteiger partial charge in [-0.3, -0.25) is 5.32 Å². The Morgan fingerprint density at radius 2 is 2.30 bits per heavy atom. The van der Waals surface area contributed by atoms with Crippen LogP contribution >= 0.6 is 0 Å². The molecule has 0 atom stereocenters. The SMILES string of the molecule is C=C[N+](=CNC)CCCC. The first-order chi connectivity index (χ1) is 4.85. The van der Waals surface area contributed by atoms with Crippen molar-refractivity contribution in [1.82, 2.24) is 5.32 Å². The molecule has 0 aliphatic rings. The summed E-state index contributed by atoms with van der Waals surface area (Å²) in [5.74, 6) is 0. The predicted molar refractivity (Wildman–Crippen MR) is 45.4 cm³/mol. The highest BCUT2D eigenvalue weighted by atomic mass is 15.0. The smallest absolute Gasteiger partial charge is 0.236 e. The molecule has 0 rings (SSSR count). The summed E-state index contributed by atoms with van der Waals surface area (Å²) in [6.45, 7) is 6.92. The first-order valence-corrected chi connectivity index (χ1v) is 3.74. The van der Waals surface area contributed by atoms with E-state index in [2.05, 4.69) is 18.8 Å². The second-order valence-corrected chi connectivity index (χ2v) is 2.19. The zero-order valence-electron chi connectivity index (χ0n) is 6.93. The molecule has 0 bridgehead atoms. The van der Waals surface area contributed by atoms with Crippen LogP contribution in [0, 0.1) is 0 Å². The highest BCUT2D eigenvalue weighted by molar-refractivity contribution is 5.47. The van der Waals surface area contributed by atoms with E-state index in [1.54, 1.807) is 0 Å². The third-order valence-corrected chi connectivity index (χ3v) is 1.30. The van der Waals surface area contributed by atoms with E-state index in [0.29, 0.717) is 0 Å². The molecule has 0 amide bonds. The molecule has 0 saturated carbocycles. The van der Waals surface area contributed by atoms with Crippen LogP contribution in [-0.2, 0) is 0 Å². The minimum Gasteiger partial charge on any atom is -0.283 e. The van der Waals surface area contributed by atoms with Crippen molar-refractivity contribution in [2.24, 2.45) is 0 Å². The van der Waals surface area contributed by atoms with Gasteiger partial charge in [0.15, 0.2) is 0 Å². The standard InChI is InChI=1S/C8H16N2/c1-4-6-7-10(5-2)8-9-3/h5,8H,2,4,6-7H2,1,3H3/p+1. The topological polar surface area (TPSA) is 15.0 Å². The maximum Gasteiger partial charge on any atom is 0.236 e. The van der Waals surface area contributed by atoms with Crippen LogP contribution in [-0.4, -0.2) is 24.5 Å². The molecular formula is C8H17N2+. The third kappa shape index (κ3) is 4.13. The number of unbranched alkanes of at least 4 members (excludes halogenated alkanes) is 1. The number of hydrogen-bond donors (Lipinski definition) is 1. The van der Waals surface area contributed by atoms with Crippen LogP contribution in [0.15, 0.2) is 12.8 Å². The predicted octanol–water partition coefficient (Wildman–Crippen LogP) is 1.19. The maximum absolute atomic E-state index is 3.69.